The molecule has 2 fully saturated rings. The maximum atomic E-state index is 6.89. The van der Waals surface area contributed by atoms with E-state index in [-0.39, 0.29) is 13.0 Å². The van der Waals surface area contributed by atoms with E-state index >= 15 is 0 Å². The molecule has 37 heavy (non-hydrogen) atoms. The molecule has 0 amide bonds. The summed E-state index contributed by atoms with van der Waals surface area (Å²) in [7, 11) is 7.71. The third kappa shape index (κ3) is 6.11. The molecule has 2 aliphatic rings. The minimum Gasteiger partial charge on any atom is -0.107 e. The molecule has 0 aromatic heterocycles. The Hall–Kier alpha value is -2.20. The van der Waals surface area contributed by atoms with Crippen molar-refractivity contribution in [2.45, 2.75) is 54.6 Å². The summed E-state index contributed by atoms with van der Waals surface area (Å²) in [4.78, 5) is 0. The molecule has 186 valence electrons. The highest BCUT2D eigenvalue weighted by Crippen LogP contribution is 2.71. The van der Waals surface area contributed by atoms with Crippen molar-refractivity contribution in [2.24, 2.45) is 0 Å². The van der Waals surface area contributed by atoms with E-state index in [4.69, 9.17) is 7.85 Å². The summed E-state index contributed by atoms with van der Waals surface area (Å²) < 4.78 is 0. The average molecular weight is 518 g/mol. The summed E-state index contributed by atoms with van der Waals surface area (Å²) in [5, 5.41) is -0.105. The van der Waals surface area contributed by atoms with Crippen LogP contribution in [0.3, 0.4) is 0 Å². The quantitative estimate of drug-likeness (QED) is 0.182. The first-order valence-electron chi connectivity index (χ1n) is 13.7. The molecule has 0 aliphatic carbocycles. The molecule has 0 bridgehead atoms. The minimum atomic E-state index is -0.227. The molecule has 2 heterocycles. The Labute approximate surface area is 228 Å². The van der Waals surface area contributed by atoms with Crippen molar-refractivity contribution in [3.63, 3.8) is 0 Å². The number of rotatable bonds is 5. The fourth-order valence-electron chi connectivity index (χ4n) is 6.13. The Bertz CT molecular complexity index is 1170. The van der Waals surface area contributed by atoms with Gasteiger partial charge in [-0.05, 0) is 59.2 Å². The molecule has 0 saturated carbocycles. The molecule has 4 aromatic rings. The van der Waals surface area contributed by atoms with Gasteiger partial charge in [0, 0.05) is 17.0 Å². The molecule has 6 rings (SSSR count). The molecule has 0 spiro atoms. The van der Waals surface area contributed by atoms with Crippen LogP contribution in [-0.2, 0) is 5.06 Å². The smallest absolute Gasteiger partial charge is 0.0874 e. The van der Waals surface area contributed by atoms with Crippen LogP contribution in [0.25, 0.3) is 0 Å². The first-order chi connectivity index (χ1) is 18.2. The van der Waals surface area contributed by atoms with Gasteiger partial charge in [0.25, 0.3) is 0 Å². The first kappa shape index (κ1) is 26.4. The number of benzene rings is 4. The fraction of sp³-hybridized carbons (Fsp3) is 0.294. The molecule has 0 N–H and O–H groups in total. The summed E-state index contributed by atoms with van der Waals surface area (Å²) in [5.41, 5.74) is 8.10. The van der Waals surface area contributed by atoms with Gasteiger partial charge in [-0.25, -0.2) is 0 Å². The first-order valence-corrected chi connectivity index (χ1v) is 16.5. The standard InChI is InChI=1S/C18H20BP.C16H17P/c1-2-20-17(15-9-5-3-6-10-15)13-14-18(20,19)16-11-7-4-8-12-16;1-3-7-13(8-4-1)15-11-12-16(17-15)14-9-5-2-6-10-14/h3-12,17H,2,13-14H2,1H3;1-10,15-17H,11-12H2/t17-,18-,20?;15-,16-/m11/s1. The van der Waals surface area contributed by atoms with Gasteiger partial charge in [-0.2, -0.15) is 0 Å². The van der Waals surface area contributed by atoms with E-state index in [9.17, 15) is 0 Å². The fourth-order valence-corrected chi connectivity index (χ4v) is 11.5. The predicted molar refractivity (Wildman–Crippen MR) is 166 cm³/mol. The lowest BCUT2D eigenvalue weighted by molar-refractivity contribution is 0.725. The largest absolute Gasteiger partial charge is 0.107 e. The lowest BCUT2D eigenvalue weighted by Crippen LogP contribution is -2.21. The van der Waals surface area contributed by atoms with Gasteiger partial charge >= 0.3 is 0 Å². The number of hydrogen-bond acceptors (Lipinski definition) is 0. The Morgan fingerprint density at radius 2 is 1.08 bits per heavy atom. The summed E-state index contributed by atoms with van der Waals surface area (Å²) in [6.45, 7) is 2.30. The van der Waals surface area contributed by atoms with Crippen LogP contribution in [0.2, 0.25) is 0 Å². The molecule has 2 aliphatic heterocycles. The maximum absolute atomic E-state index is 6.89. The Morgan fingerprint density at radius 1 is 0.649 bits per heavy atom. The van der Waals surface area contributed by atoms with Crippen molar-refractivity contribution >= 4 is 24.3 Å². The zero-order valence-electron chi connectivity index (χ0n) is 21.8. The van der Waals surface area contributed by atoms with E-state index in [0.717, 1.165) is 26.3 Å². The lowest BCUT2D eigenvalue weighted by atomic mass is 9.76. The summed E-state index contributed by atoms with van der Waals surface area (Å²) in [5.74, 6) is 0. The van der Waals surface area contributed by atoms with Crippen molar-refractivity contribution < 1.29 is 0 Å². The number of hydrogen-bond donors (Lipinski definition) is 0. The second-order valence-corrected chi connectivity index (χ2v) is 14.9. The van der Waals surface area contributed by atoms with Crippen molar-refractivity contribution in [1.82, 2.24) is 0 Å². The van der Waals surface area contributed by atoms with Crippen LogP contribution in [-0.4, -0.2) is 14.0 Å². The van der Waals surface area contributed by atoms with Crippen LogP contribution < -0.4 is 0 Å². The van der Waals surface area contributed by atoms with Crippen molar-refractivity contribution in [1.29, 1.82) is 0 Å². The molecule has 2 saturated heterocycles. The van der Waals surface area contributed by atoms with Gasteiger partial charge in [-0.15, -0.1) is 8.58 Å². The highest BCUT2D eigenvalue weighted by molar-refractivity contribution is 7.61. The van der Waals surface area contributed by atoms with Crippen LogP contribution in [0, 0.1) is 0 Å². The van der Waals surface area contributed by atoms with Crippen LogP contribution in [0.1, 0.15) is 71.8 Å². The van der Waals surface area contributed by atoms with Gasteiger partial charge in [0.05, 0.1) is 7.85 Å². The third-order valence-corrected chi connectivity index (χ3v) is 13.6. The molecule has 5 atom stereocenters. The van der Waals surface area contributed by atoms with E-state index in [1.165, 1.54) is 47.7 Å². The van der Waals surface area contributed by atoms with Crippen molar-refractivity contribution in [2.75, 3.05) is 6.16 Å². The third-order valence-electron chi connectivity index (χ3n) is 8.04. The summed E-state index contributed by atoms with van der Waals surface area (Å²) in [6.07, 6.45) is 6.22. The van der Waals surface area contributed by atoms with E-state index in [1.807, 2.05) is 0 Å². The molecule has 1 unspecified atom stereocenters. The van der Waals surface area contributed by atoms with Gasteiger partial charge < -0.3 is 0 Å². The second-order valence-electron chi connectivity index (χ2n) is 10.2. The average Bonchev–Trinajstić information content (AvgIpc) is 3.61. The minimum absolute atomic E-state index is 0.105. The van der Waals surface area contributed by atoms with Crippen LogP contribution >= 0.6 is 16.5 Å². The van der Waals surface area contributed by atoms with Gasteiger partial charge in [-0.3, -0.25) is 0 Å². The highest BCUT2D eigenvalue weighted by atomic mass is 31.1. The van der Waals surface area contributed by atoms with E-state index < -0.39 is 0 Å². The Morgan fingerprint density at radius 3 is 1.54 bits per heavy atom. The lowest BCUT2D eigenvalue weighted by Gasteiger charge is -2.35. The maximum Gasteiger partial charge on any atom is 0.0874 e. The van der Waals surface area contributed by atoms with Crippen molar-refractivity contribution in [3.8, 4) is 0 Å². The second kappa shape index (κ2) is 12.6. The SMILES string of the molecule is [B][C@]1(c2ccccc2)CC[C@H](c2ccccc2)P1CC.c1ccc([C@H]2CC[C@H](c3ccccc3)P2)cc1. The van der Waals surface area contributed by atoms with Crippen LogP contribution in [0.15, 0.2) is 121 Å². The molecule has 2 radical (unpaired) electrons. The van der Waals surface area contributed by atoms with E-state index in [0.29, 0.717) is 5.66 Å². The van der Waals surface area contributed by atoms with Crippen LogP contribution in [0.4, 0.5) is 0 Å². The zero-order chi connectivity index (χ0) is 25.5. The Kier molecular flexibility index (Phi) is 8.97. The topological polar surface area (TPSA) is 0 Å². The van der Waals surface area contributed by atoms with Crippen molar-refractivity contribution in [3.05, 3.63) is 144 Å². The monoisotopic (exact) mass is 518 g/mol. The summed E-state index contributed by atoms with van der Waals surface area (Å²) >= 11 is 0. The molecular formula is C34H37BP2. The molecule has 3 heteroatoms. The van der Waals surface area contributed by atoms with E-state index in [1.54, 1.807) is 0 Å². The predicted octanol–water partition coefficient (Wildman–Crippen LogP) is 9.99. The molecule has 4 aromatic carbocycles. The summed E-state index contributed by atoms with van der Waals surface area (Å²) in [6, 6.07) is 43.6. The van der Waals surface area contributed by atoms with Gasteiger partial charge in [-0.1, -0.05) is 136 Å². The van der Waals surface area contributed by atoms with Gasteiger partial charge in [0.15, 0.2) is 0 Å². The molecule has 0 nitrogen and oxygen atoms in total. The zero-order valence-corrected chi connectivity index (χ0v) is 23.7. The Balaban J connectivity index is 0.000000153. The highest BCUT2D eigenvalue weighted by Gasteiger charge is 2.44. The normalized spacial score (nSPS) is 26.8. The van der Waals surface area contributed by atoms with Crippen LogP contribution in [0.5, 0.6) is 0 Å². The van der Waals surface area contributed by atoms with Gasteiger partial charge in [0.1, 0.15) is 0 Å². The van der Waals surface area contributed by atoms with Gasteiger partial charge in [0.2, 0.25) is 0 Å². The van der Waals surface area contributed by atoms with E-state index in [2.05, 4.69) is 128 Å². The molecular weight excluding hydrogens is 481 g/mol.